The van der Waals surface area contributed by atoms with Crippen LogP contribution in [0.3, 0.4) is 0 Å². The first-order valence-electron chi connectivity index (χ1n) is 5.71. The van der Waals surface area contributed by atoms with Gasteiger partial charge in [-0.3, -0.25) is 14.9 Å². The van der Waals surface area contributed by atoms with Crippen molar-refractivity contribution in [3.05, 3.63) is 33.4 Å². The van der Waals surface area contributed by atoms with Gasteiger partial charge in [0.2, 0.25) is 5.75 Å². The molecule has 19 heavy (non-hydrogen) atoms. The molecule has 0 aliphatic heterocycles. The molecule has 2 N–H and O–H groups in total. The molecule has 0 aliphatic carbocycles. The van der Waals surface area contributed by atoms with Crippen molar-refractivity contribution in [2.45, 2.75) is 13.8 Å². The Morgan fingerprint density at radius 2 is 2.16 bits per heavy atom. The van der Waals surface area contributed by atoms with Crippen molar-refractivity contribution in [1.82, 2.24) is 5.32 Å². The summed E-state index contributed by atoms with van der Waals surface area (Å²) in [6.07, 6.45) is 0. The lowest BCUT2D eigenvalue weighted by molar-refractivity contribution is -0.385. The summed E-state index contributed by atoms with van der Waals surface area (Å²) in [5.74, 6) is -0.349. The number of aliphatic hydroxyl groups excluding tert-OH is 1. The lowest BCUT2D eigenvalue weighted by Crippen LogP contribution is -2.31. The predicted molar refractivity (Wildman–Crippen MR) is 68.2 cm³/mol. The first-order chi connectivity index (χ1) is 8.95. The maximum atomic E-state index is 11.3. The van der Waals surface area contributed by atoms with E-state index in [2.05, 4.69) is 5.32 Å². The minimum absolute atomic E-state index is 0.0924. The number of nitrogens with one attached hydrogen (secondary N) is 1. The molecule has 0 saturated carbocycles. The number of carbonyl (C=O) groups is 1. The van der Waals surface area contributed by atoms with Gasteiger partial charge in [0.1, 0.15) is 0 Å². The third kappa shape index (κ3) is 4.22. The molecular weight excluding hydrogens is 252 g/mol. The van der Waals surface area contributed by atoms with Crippen LogP contribution < -0.4 is 10.1 Å². The molecule has 0 spiro atoms. The number of benzene rings is 1. The second-order valence-electron chi connectivity index (χ2n) is 4.05. The first kappa shape index (κ1) is 14.9. The first-order valence-corrected chi connectivity index (χ1v) is 5.71. The molecule has 0 aromatic heterocycles. The fourth-order valence-corrected chi connectivity index (χ4v) is 1.64. The SMILES string of the molecule is Cc1cc(C)c(OCC(=O)NCCO)c([N+](=O)[O-])c1. The highest BCUT2D eigenvalue weighted by molar-refractivity contribution is 5.77. The second kappa shape index (κ2) is 6.69. The molecule has 7 nitrogen and oxygen atoms in total. The Kier molecular flexibility index (Phi) is 5.25. The molecule has 104 valence electrons. The number of hydrogen-bond donors (Lipinski definition) is 2. The van der Waals surface area contributed by atoms with Crippen molar-refractivity contribution < 1.29 is 19.6 Å². The number of aryl methyl sites for hydroxylation is 2. The minimum atomic E-state index is -0.541. The summed E-state index contributed by atoms with van der Waals surface area (Å²) in [4.78, 5) is 21.7. The van der Waals surface area contributed by atoms with Crippen molar-refractivity contribution in [3.8, 4) is 5.75 Å². The van der Waals surface area contributed by atoms with E-state index in [-0.39, 0.29) is 31.2 Å². The van der Waals surface area contributed by atoms with E-state index in [0.29, 0.717) is 5.56 Å². The van der Waals surface area contributed by atoms with E-state index in [0.717, 1.165) is 5.56 Å². The zero-order valence-electron chi connectivity index (χ0n) is 10.8. The van der Waals surface area contributed by atoms with E-state index in [4.69, 9.17) is 9.84 Å². The standard InChI is InChI=1S/C12H16N2O5/c1-8-5-9(2)12(10(6-8)14(17)18)19-7-11(16)13-3-4-15/h5-6,15H,3-4,7H2,1-2H3,(H,13,16). The average molecular weight is 268 g/mol. The summed E-state index contributed by atoms with van der Waals surface area (Å²) >= 11 is 0. The van der Waals surface area contributed by atoms with E-state index in [1.54, 1.807) is 19.9 Å². The summed E-state index contributed by atoms with van der Waals surface area (Å²) in [6, 6.07) is 3.14. The van der Waals surface area contributed by atoms with Crippen molar-refractivity contribution in [2.24, 2.45) is 0 Å². The smallest absolute Gasteiger partial charge is 0.311 e. The highest BCUT2D eigenvalue weighted by Gasteiger charge is 2.19. The fraction of sp³-hybridized carbons (Fsp3) is 0.417. The van der Waals surface area contributed by atoms with Gasteiger partial charge in [-0.2, -0.15) is 0 Å². The summed E-state index contributed by atoms with van der Waals surface area (Å²) in [5, 5.41) is 21.9. The fourth-order valence-electron chi connectivity index (χ4n) is 1.64. The molecule has 1 aromatic rings. The summed E-state index contributed by atoms with van der Waals surface area (Å²) < 4.78 is 5.21. The molecule has 0 fully saturated rings. The number of nitro benzene ring substituents is 1. The van der Waals surface area contributed by atoms with Gasteiger partial charge in [0.05, 0.1) is 11.5 Å². The molecule has 0 aliphatic rings. The molecule has 1 aromatic carbocycles. The van der Waals surface area contributed by atoms with Crippen LogP contribution in [0.1, 0.15) is 11.1 Å². The number of rotatable bonds is 6. The van der Waals surface area contributed by atoms with Gasteiger partial charge in [0.15, 0.2) is 6.61 Å². The monoisotopic (exact) mass is 268 g/mol. The van der Waals surface area contributed by atoms with Crippen LogP contribution in [-0.2, 0) is 4.79 Å². The Balaban J connectivity index is 2.83. The maximum absolute atomic E-state index is 11.3. The van der Waals surface area contributed by atoms with Crippen molar-refractivity contribution in [3.63, 3.8) is 0 Å². The van der Waals surface area contributed by atoms with Crippen LogP contribution in [-0.4, -0.2) is 35.7 Å². The normalized spacial score (nSPS) is 10.1. The average Bonchev–Trinajstić information content (AvgIpc) is 2.34. The highest BCUT2D eigenvalue weighted by Crippen LogP contribution is 2.31. The number of aliphatic hydroxyl groups is 1. The molecule has 0 saturated heterocycles. The number of ether oxygens (including phenoxy) is 1. The van der Waals surface area contributed by atoms with Crippen LogP contribution in [0.25, 0.3) is 0 Å². The highest BCUT2D eigenvalue weighted by atomic mass is 16.6. The van der Waals surface area contributed by atoms with E-state index in [9.17, 15) is 14.9 Å². The Bertz CT molecular complexity index is 487. The summed E-state index contributed by atoms with van der Waals surface area (Å²) in [6.45, 7) is 3.05. The molecule has 0 heterocycles. The Hall–Kier alpha value is -2.15. The van der Waals surface area contributed by atoms with Crippen molar-refractivity contribution in [1.29, 1.82) is 0 Å². The number of nitrogens with zero attached hydrogens (tertiary/aromatic N) is 1. The van der Waals surface area contributed by atoms with Gasteiger partial charge >= 0.3 is 5.69 Å². The molecule has 7 heteroatoms. The molecule has 1 amide bonds. The van der Waals surface area contributed by atoms with Crippen LogP contribution in [0.5, 0.6) is 5.75 Å². The van der Waals surface area contributed by atoms with Crippen molar-refractivity contribution >= 4 is 11.6 Å². The van der Waals surface area contributed by atoms with Crippen molar-refractivity contribution in [2.75, 3.05) is 19.8 Å². The number of amides is 1. The number of nitro groups is 1. The van der Waals surface area contributed by atoms with Gasteiger partial charge in [0, 0.05) is 12.6 Å². The zero-order chi connectivity index (χ0) is 14.4. The van der Waals surface area contributed by atoms with Gasteiger partial charge in [0.25, 0.3) is 5.91 Å². The van der Waals surface area contributed by atoms with Crippen LogP contribution in [0.2, 0.25) is 0 Å². The van der Waals surface area contributed by atoms with Gasteiger partial charge in [-0.1, -0.05) is 6.07 Å². The van der Waals surface area contributed by atoms with Gasteiger partial charge in [-0.05, 0) is 25.0 Å². The predicted octanol–water partition coefficient (Wildman–Crippen LogP) is 0.699. The van der Waals surface area contributed by atoms with E-state index in [1.807, 2.05) is 0 Å². The van der Waals surface area contributed by atoms with Gasteiger partial charge < -0.3 is 15.2 Å². The van der Waals surface area contributed by atoms with Crippen LogP contribution >= 0.6 is 0 Å². The minimum Gasteiger partial charge on any atom is -0.477 e. The Morgan fingerprint density at radius 1 is 1.47 bits per heavy atom. The number of carbonyl (C=O) groups excluding carboxylic acids is 1. The third-order valence-corrected chi connectivity index (χ3v) is 2.38. The molecule has 0 unspecified atom stereocenters. The topological polar surface area (TPSA) is 102 Å². The second-order valence-corrected chi connectivity index (χ2v) is 4.05. The largest absolute Gasteiger partial charge is 0.477 e. The van der Waals surface area contributed by atoms with E-state index >= 15 is 0 Å². The molecule has 0 radical (unpaired) electrons. The lowest BCUT2D eigenvalue weighted by atomic mass is 10.1. The summed E-state index contributed by atoms with van der Waals surface area (Å²) in [7, 11) is 0. The van der Waals surface area contributed by atoms with E-state index < -0.39 is 10.8 Å². The maximum Gasteiger partial charge on any atom is 0.311 e. The molecular formula is C12H16N2O5. The zero-order valence-corrected chi connectivity index (χ0v) is 10.8. The lowest BCUT2D eigenvalue weighted by Gasteiger charge is -2.10. The van der Waals surface area contributed by atoms with Gasteiger partial charge in [-0.15, -0.1) is 0 Å². The molecule has 0 bridgehead atoms. The Labute approximate surface area is 110 Å². The summed E-state index contributed by atoms with van der Waals surface area (Å²) in [5.41, 5.74) is 1.19. The third-order valence-electron chi connectivity index (χ3n) is 2.38. The Morgan fingerprint density at radius 3 is 2.74 bits per heavy atom. The van der Waals surface area contributed by atoms with Gasteiger partial charge in [-0.25, -0.2) is 0 Å². The number of hydrogen-bond acceptors (Lipinski definition) is 5. The van der Waals surface area contributed by atoms with Crippen LogP contribution in [0.15, 0.2) is 12.1 Å². The van der Waals surface area contributed by atoms with E-state index in [1.165, 1.54) is 6.07 Å². The molecule has 0 atom stereocenters. The van der Waals surface area contributed by atoms with Crippen LogP contribution in [0, 0.1) is 24.0 Å². The molecule has 1 rings (SSSR count). The van der Waals surface area contributed by atoms with Crippen LogP contribution in [0.4, 0.5) is 5.69 Å². The quantitative estimate of drug-likeness (QED) is 0.584.